The number of benzene rings is 1. The monoisotopic (exact) mass is 358 g/mol. The number of nitrogens with zero attached hydrogens (tertiary/aromatic N) is 2. The molecule has 116 valence electrons. The molecule has 2 rings (SSSR count). The van der Waals surface area contributed by atoms with Gasteiger partial charge >= 0.3 is 5.97 Å². The third-order valence-electron chi connectivity index (χ3n) is 3.94. The molecular formula is C15H20BrFN2O2. The van der Waals surface area contributed by atoms with Crippen LogP contribution in [0.1, 0.15) is 24.9 Å². The first kappa shape index (κ1) is 16.4. The highest BCUT2D eigenvalue weighted by Gasteiger charge is 2.23. The summed E-state index contributed by atoms with van der Waals surface area (Å²) in [6.45, 7) is 5.15. The molecule has 4 nitrogen and oxygen atoms in total. The Morgan fingerprint density at radius 3 is 2.86 bits per heavy atom. The summed E-state index contributed by atoms with van der Waals surface area (Å²) in [4.78, 5) is 14.9. The van der Waals surface area contributed by atoms with E-state index in [9.17, 15) is 9.18 Å². The van der Waals surface area contributed by atoms with Crippen molar-refractivity contribution in [2.45, 2.75) is 19.4 Å². The summed E-state index contributed by atoms with van der Waals surface area (Å²) >= 11 is 3.38. The van der Waals surface area contributed by atoms with Gasteiger partial charge in [-0.15, -0.1) is 0 Å². The van der Waals surface area contributed by atoms with Crippen molar-refractivity contribution in [2.24, 2.45) is 0 Å². The fraction of sp³-hybridized carbons (Fsp3) is 0.533. The molecule has 1 aromatic carbocycles. The molecule has 1 aliphatic heterocycles. The molecule has 1 N–H and O–H groups in total. The fourth-order valence-electron chi connectivity index (χ4n) is 2.76. The third kappa shape index (κ3) is 4.49. The molecule has 21 heavy (non-hydrogen) atoms. The van der Waals surface area contributed by atoms with E-state index in [2.05, 4.69) is 20.8 Å². The number of hydrogen-bond donors (Lipinski definition) is 1. The van der Waals surface area contributed by atoms with Gasteiger partial charge in [0.15, 0.2) is 0 Å². The van der Waals surface area contributed by atoms with Crippen LogP contribution in [0.4, 0.5) is 4.39 Å². The highest BCUT2D eigenvalue weighted by atomic mass is 79.9. The molecule has 1 unspecified atom stereocenters. The Bertz CT molecular complexity index is 512. The van der Waals surface area contributed by atoms with Crippen molar-refractivity contribution in [3.8, 4) is 0 Å². The number of halogens is 2. The van der Waals surface area contributed by atoms with E-state index in [0.29, 0.717) is 12.1 Å². The number of carboxylic acid groups (broad SMARTS) is 1. The number of aliphatic carboxylic acids is 1. The van der Waals surface area contributed by atoms with Crippen LogP contribution in [0.15, 0.2) is 22.7 Å². The second kappa shape index (κ2) is 7.33. The molecule has 1 heterocycles. The average molecular weight is 359 g/mol. The quantitative estimate of drug-likeness (QED) is 0.898. The first-order valence-corrected chi connectivity index (χ1v) is 7.90. The Balaban J connectivity index is 2.04. The maximum Gasteiger partial charge on any atom is 0.317 e. The normalized spacial score (nSPS) is 19.2. The van der Waals surface area contributed by atoms with Gasteiger partial charge in [0.1, 0.15) is 5.82 Å². The van der Waals surface area contributed by atoms with Gasteiger partial charge < -0.3 is 5.11 Å². The summed E-state index contributed by atoms with van der Waals surface area (Å²) in [5.74, 6) is -0.994. The number of carboxylic acids is 1. The van der Waals surface area contributed by atoms with Crippen LogP contribution in [0.5, 0.6) is 0 Å². The van der Waals surface area contributed by atoms with Gasteiger partial charge in [-0.05, 0) is 31.5 Å². The Morgan fingerprint density at radius 2 is 2.14 bits per heavy atom. The molecule has 1 atom stereocenters. The largest absolute Gasteiger partial charge is 0.480 e. The highest BCUT2D eigenvalue weighted by molar-refractivity contribution is 9.10. The number of rotatable bonds is 4. The van der Waals surface area contributed by atoms with E-state index in [1.165, 1.54) is 6.07 Å². The molecule has 0 bridgehead atoms. The predicted octanol–water partition coefficient (Wildman–Crippen LogP) is 2.74. The topological polar surface area (TPSA) is 43.8 Å². The van der Waals surface area contributed by atoms with Gasteiger partial charge in [-0.2, -0.15) is 0 Å². The molecule has 1 aromatic rings. The maximum atomic E-state index is 14.0. The molecule has 6 heteroatoms. The first-order valence-electron chi connectivity index (χ1n) is 7.10. The molecule has 0 aromatic heterocycles. The van der Waals surface area contributed by atoms with Crippen molar-refractivity contribution in [3.63, 3.8) is 0 Å². The average Bonchev–Trinajstić information content (AvgIpc) is 2.66. The molecule has 0 radical (unpaired) electrons. The van der Waals surface area contributed by atoms with Gasteiger partial charge in [-0.1, -0.05) is 15.9 Å². The van der Waals surface area contributed by atoms with E-state index in [0.717, 1.165) is 30.5 Å². The van der Waals surface area contributed by atoms with E-state index in [4.69, 9.17) is 5.11 Å². The van der Waals surface area contributed by atoms with E-state index >= 15 is 0 Å². The Hall–Kier alpha value is -0.980. The highest BCUT2D eigenvalue weighted by Crippen LogP contribution is 2.26. The van der Waals surface area contributed by atoms with Crippen LogP contribution >= 0.6 is 15.9 Å². The Kier molecular flexibility index (Phi) is 5.72. The smallest absolute Gasteiger partial charge is 0.317 e. The van der Waals surface area contributed by atoms with Crippen molar-refractivity contribution < 1.29 is 14.3 Å². The van der Waals surface area contributed by atoms with E-state index in [-0.39, 0.29) is 18.4 Å². The Labute approximate surface area is 132 Å². The van der Waals surface area contributed by atoms with Gasteiger partial charge in [-0.3, -0.25) is 14.6 Å². The molecule has 0 amide bonds. The fourth-order valence-corrected chi connectivity index (χ4v) is 3.14. The lowest BCUT2D eigenvalue weighted by atomic mass is 10.1. The van der Waals surface area contributed by atoms with Gasteiger partial charge in [-0.25, -0.2) is 4.39 Å². The molecule has 0 spiro atoms. The lowest BCUT2D eigenvalue weighted by molar-refractivity contribution is -0.138. The summed E-state index contributed by atoms with van der Waals surface area (Å²) < 4.78 is 14.9. The van der Waals surface area contributed by atoms with Crippen LogP contribution in [0.25, 0.3) is 0 Å². The van der Waals surface area contributed by atoms with Gasteiger partial charge in [0, 0.05) is 42.3 Å². The van der Waals surface area contributed by atoms with Crippen LogP contribution in [-0.2, 0) is 4.79 Å². The van der Waals surface area contributed by atoms with E-state index in [1.807, 2.05) is 17.9 Å². The van der Waals surface area contributed by atoms with Crippen LogP contribution in [-0.4, -0.2) is 53.6 Å². The van der Waals surface area contributed by atoms with Crippen molar-refractivity contribution in [3.05, 3.63) is 34.1 Å². The second-order valence-corrected chi connectivity index (χ2v) is 6.32. The van der Waals surface area contributed by atoms with Crippen molar-refractivity contribution in [1.29, 1.82) is 0 Å². The minimum atomic E-state index is -0.797. The van der Waals surface area contributed by atoms with Crippen LogP contribution in [0.3, 0.4) is 0 Å². The van der Waals surface area contributed by atoms with E-state index < -0.39 is 5.97 Å². The van der Waals surface area contributed by atoms with Crippen LogP contribution < -0.4 is 0 Å². The van der Waals surface area contributed by atoms with Crippen molar-refractivity contribution in [1.82, 2.24) is 9.80 Å². The molecule has 0 aliphatic carbocycles. The molecule has 1 aliphatic rings. The molecule has 0 saturated carbocycles. The summed E-state index contributed by atoms with van der Waals surface area (Å²) in [5, 5.41) is 8.87. The minimum absolute atomic E-state index is 0.0210. The van der Waals surface area contributed by atoms with Crippen molar-refractivity contribution in [2.75, 3.05) is 32.7 Å². The standard InChI is InChI=1S/C15H20BrFN2O2/c1-11(13-9-12(16)3-4-14(13)17)19-6-2-5-18(7-8-19)10-15(20)21/h3-4,9,11H,2,5-8,10H2,1H3,(H,20,21). The summed E-state index contributed by atoms with van der Waals surface area (Å²) in [7, 11) is 0. The van der Waals surface area contributed by atoms with Crippen LogP contribution in [0, 0.1) is 5.82 Å². The summed E-state index contributed by atoms with van der Waals surface area (Å²) in [6, 6.07) is 4.97. The number of hydrogen-bond acceptors (Lipinski definition) is 3. The first-order chi connectivity index (χ1) is 9.97. The summed E-state index contributed by atoms with van der Waals surface area (Å²) in [5.41, 5.74) is 0.677. The van der Waals surface area contributed by atoms with Gasteiger partial charge in [0.25, 0.3) is 0 Å². The molecule has 1 saturated heterocycles. The van der Waals surface area contributed by atoms with Gasteiger partial charge in [0.05, 0.1) is 6.54 Å². The molecule has 1 fully saturated rings. The van der Waals surface area contributed by atoms with Crippen molar-refractivity contribution >= 4 is 21.9 Å². The summed E-state index contributed by atoms with van der Waals surface area (Å²) in [6.07, 6.45) is 0.896. The van der Waals surface area contributed by atoms with E-state index in [1.54, 1.807) is 6.07 Å². The Morgan fingerprint density at radius 1 is 1.38 bits per heavy atom. The minimum Gasteiger partial charge on any atom is -0.480 e. The van der Waals surface area contributed by atoms with Gasteiger partial charge in [0.2, 0.25) is 0 Å². The lowest BCUT2D eigenvalue weighted by Crippen LogP contribution is -2.35. The lowest BCUT2D eigenvalue weighted by Gasteiger charge is -2.28. The number of carbonyl (C=O) groups is 1. The zero-order valence-electron chi connectivity index (χ0n) is 12.1. The van der Waals surface area contributed by atoms with Crippen LogP contribution in [0.2, 0.25) is 0 Å². The molecular weight excluding hydrogens is 339 g/mol. The SMILES string of the molecule is CC(c1cc(Br)ccc1F)N1CCCN(CC(=O)O)CC1. The third-order valence-corrected chi connectivity index (χ3v) is 4.43. The predicted molar refractivity (Wildman–Crippen MR) is 82.8 cm³/mol. The zero-order valence-corrected chi connectivity index (χ0v) is 13.6. The second-order valence-electron chi connectivity index (χ2n) is 5.40. The maximum absolute atomic E-state index is 14.0. The zero-order chi connectivity index (χ0) is 15.4.